The molecule has 2 heterocycles. The fourth-order valence-corrected chi connectivity index (χ4v) is 3.24. The summed E-state index contributed by atoms with van der Waals surface area (Å²) in [6.45, 7) is 6.18. The van der Waals surface area contributed by atoms with Crippen molar-refractivity contribution in [3.05, 3.63) is 47.0 Å². The van der Waals surface area contributed by atoms with Gasteiger partial charge in [-0.05, 0) is 51.3 Å². The number of amides is 1. The standard InChI is InChI=1S/C18H20FN5OS/c1-5-23(14-8-6-13(19)7-9-14)16(25)10-15-11(2)20-17-21-18(26-4)22-24(17)12(15)3/h6-9H,5,10H2,1-4H3. The summed E-state index contributed by atoms with van der Waals surface area (Å²) in [6, 6.07) is 5.93. The van der Waals surface area contributed by atoms with Crippen molar-refractivity contribution < 1.29 is 9.18 Å². The average molecular weight is 373 g/mol. The fourth-order valence-electron chi connectivity index (χ4n) is 2.90. The summed E-state index contributed by atoms with van der Waals surface area (Å²) in [6.07, 6.45) is 2.10. The molecule has 1 amide bonds. The third-order valence-electron chi connectivity index (χ3n) is 4.30. The van der Waals surface area contributed by atoms with Crippen LogP contribution in [0.15, 0.2) is 29.4 Å². The van der Waals surface area contributed by atoms with Gasteiger partial charge in [0.1, 0.15) is 5.82 Å². The molecule has 8 heteroatoms. The van der Waals surface area contributed by atoms with Gasteiger partial charge in [0.15, 0.2) is 0 Å². The van der Waals surface area contributed by atoms with Crippen molar-refractivity contribution in [2.75, 3.05) is 17.7 Å². The van der Waals surface area contributed by atoms with Crippen LogP contribution in [0.4, 0.5) is 10.1 Å². The van der Waals surface area contributed by atoms with Gasteiger partial charge in [-0.15, -0.1) is 5.10 Å². The van der Waals surface area contributed by atoms with Crippen molar-refractivity contribution in [1.29, 1.82) is 0 Å². The molecule has 0 aliphatic carbocycles. The quantitative estimate of drug-likeness (QED) is 0.643. The Morgan fingerprint density at radius 1 is 1.23 bits per heavy atom. The van der Waals surface area contributed by atoms with Crippen LogP contribution in [0.5, 0.6) is 0 Å². The molecule has 2 aromatic heterocycles. The van der Waals surface area contributed by atoms with Crippen molar-refractivity contribution in [2.45, 2.75) is 32.3 Å². The minimum Gasteiger partial charge on any atom is -0.312 e. The Kier molecular flexibility index (Phi) is 5.22. The number of hydrogen-bond acceptors (Lipinski definition) is 5. The third-order valence-corrected chi connectivity index (χ3v) is 4.83. The summed E-state index contributed by atoms with van der Waals surface area (Å²) >= 11 is 1.45. The molecule has 0 spiro atoms. The highest BCUT2D eigenvalue weighted by Crippen LogP contribution is 2.20. The summed E-state index contributed by atoms with van der Waals surface area (Å²) in [4.78, 5) is 23.4. The summed E-state index contributed by atoms with van der Waals surface area (Å²) in [5.41, 5.74) is 3.12. The van der Waals surface area contributed by atoms with Crippen LogP contribution >= 0.6 is 11.8 Å². The molecule has 1 aromatic carbocycles. The van der Waals surface area contributed by atoms with E-state index in [0.717, 1.165) is 17.0 Å². The highest BCUT2D eigenvalue weighted by atomic mass is 32.2. The lowest BCUT2D eigenvalue weighted by Gasteiger charge is -2.22. The number of halogens is 1. The number of thioether (sulfide) groups is 1. The van der Waals surface area contributed by atoms with Gasteiger partial charge >= 0.3 is 0 Å². The lowest BCUT2D eigenvalue weighted by Crippen LogP contribution is -2.32. The van der Waals surface area contributed by atoms with E-state index in [9.17, 15) is 9.18 Å². The van der Waals surface area contributed by atoms with Crippen LogP contribution in [-0.2, 0) is 11.2 Å². The molecule has 0 bridgehead atoms. The number of rotatable bonds is 5. The zero-order valence-corrected chi connectivity index (χ0v) is 16.0. The maximum absolute atomic E-state index is 13.2. The van der Waals surface area contributed by atoms with Crippen molar-refractivity contribution in [2.24, 2.45) is 0 Å². The number of carbonyl (C=O) groups is 1. The first-order chi connectivity index (χ1) is 12.4. The largest absolute Gasteiger partial charge is 0.312 e. The number of carbonyl (C=O) groups excluding carboxylic acids is 1. The Morgan fingerprint density at radius 2 is 1.92 bits per heavy atom. The van der Waals surface area contributed by atoms with Crippen LogP contribution in [0.3, 0.4) is 0 Å². The molecule has 0 radical (unpaired) electrons. The van der Waals surface area contributed by atoms with Crippen LogP contribution in [0.2, 0.25) is 0 Å². The number of fused-ring (bicyclic) bond motifs is 1. The van der Waals surface area contributed by atoms with Gasteiger partial charge in [0, 0.05) is 29.2 Å². The molecule has 6 nitrogen and oxygen atoms in total. The van der Waals surface area contributed by atoms with E-state index >= 15 is 0 Å². The monoisotopic (exact) mass is 373 g/mol. The van der Waals surface area contributed by atoms with Crippen LogP contribution in [-0.4, -0.2) is 38.3 Å². The van der Waals surface area contributed by atoms with Gasteiger partial charge in [0.25, 0.3) is 5.78 Å². The maximum atomic E-state index is 13.2. The first kappa shape index (κ1) is 18.3. The number of nitrogens with zero attached hydrogens (tertiary/aromatic N) is 5. The Bertz CT molecular complexity index is 954. The lowest BCUT2D eigenvalue weighted by atomic mass is 10.1. The van der Waals surface area contributed by atoms with Crippen molar-refractivity contribution in [1.82, 2.24) is 19.6 Å². The number of anilines is 1. The van der Waals surface area contributed by atoms with Crippen LogP contribution in [0.25, 0.3) is 5.78 Å². The molecule has 0 aliphatic heterocycles. The average Bonchev–Trinajstić information content (AvgIpc) is 3.04. The van der Waals surface area contributed by atoms with Gasteiger partial charge in [-0.2, -0.15) is 4.98 Å². The minimum absolute atomic E-state index is 0.0725. The zero-order chi connectivity index (χ0) is 18.8. The third kappa shape index (κ3) is 3.41. The number of aryl methyl sites for hydroxylation is 2. The van der Waals surface area contributed by atoms with E-state index in [2.05, 4.69) is 15.1 Å². The zero-order valence-electron chi connectivity index (χ0n) is 15.2. The van der Waals surface area contributed by atoms with E-state index in [1.54, 1.807) is 21.5 Å². The molecular formula is C18H20FN5OS. The van der Waals surface area contributed by atoms with E-state index in [-0.39, 0.29) is 18.1 Å². The summed E-state index contributed by atoms with van der Waals surface area (Å²) in [5, 5.41) is 5.06. The number of aromatic nitrogens is 4. The molecule has 0 saturated heterocycles. The van der Waals surface area contributed by atoms with Crippen LogP contribution in [0, 0.1) is 19.7 Å². The number of likely N-dealkylation sites (N-methyl/N-ethyl adjacent to an activating group) is 1. The molecule has 0 aliphatic rings. The number of benzene rings is 1. The van der Waals surface area contributed by atoms with Gasteiger partial charge in [0.05, 0.1) is 6.42 Å². The van der Waals surface area contributed by atoms with E-state index in [4.69, 9.17) is 0 Å². The molecule has 0 saturated carbocycles. The first-order valence-corrected chi connectivity index (χ1v) is 9.49. The topological polar surface area (TPSA) is 63.4 Å². The van der Waals surface area contributed by atoms with Crippen molar-refractivity contribution >= 4 is 29.1 Å². The molecule has 0 N–H and O–H groups in total. The molecule has 26 heavy (non-hydrogen) atoms. The highest BCUT2D eigenvalue weighted by molar-refractivity contribution is 7.98. The summed E-state index contributed by atoms with van der Waals surface area (Å²) < 4.78 is 14.8. The fraction of sp³-hybridized carbons (Fsp3) is 0.333. The Balaban J connectivity index is 1.93. The maximum Gasteiger partial charge on any atom is 0.253 e. The van der Waals surface area contributed by atoms with Gasteiger partial charge in [-0.1, -0.05) is 11.8 Å². The van der Waals surface area contributed by atoms with E-state index in [1.807, 2.05) is 27.0 Å². The van der Waals surface area contributed by atoms with Gasteiger partial charge in [-0.3, -0.25) is 4.79 Å². The van der Waals surface area contributed by atoms with Gasteiger partial charge < -0.3 is 4.90 Å². The molecule has 0 atom stereocenters. The predicted molar refractivity (Wildman–Crippen MR) is 100 cm³/mol. The van der Waals surface area contributed by atoms with Crippen LogP contribution in [0.1, 0.15) is 23.9 Å². The highest BCUT2D eigenvalue weighted by Gasteiger charge is 2.20. The second kappa shape index (κ2) is 7.41. The first-order valence-electron chi connectivity index (χ1n) is 8.27. The second-order valence-corrected chi connectivity index (χ2v) is 6.64. The number of hydrogen-bond donors (Lipinski definition) is 0. The molecule has 0 fully saturated rings. The molecule has 0 unspecified atom stereocenters. The molecular weight excluding hydrogens is 353 g/mol. The normalized spacial score (nSPS) is 11.1. The Morgan fingerprint density at radius 3 is 2.54 bits per heavy atom. The summed E-state index contributed by atoms with van der Waals surface area (Å²) in [7, 11) is 0. The van der Waals surface area contributed by atoms with Gasteiger partial charge in [-0.25, -0.2) is 13.9 Å². The van der Waals surface area contributed by atoms with Crippen molar-refractivity contribution in [3.8, 4) is 0 Å². The second-order valence-electron chi connectivity index (χ2n) is 5.86. The molecule has 3 aromatic rings. The SMILES string of the molecule is CCN(C(=O)Cc1c(C)nc2nc(SC)nn2c1C)c1ccc(F)cc1. The van der Waals surface area contributed by atoms with Gasteiger partial charge in [0.2, 0.25) is 11.1 Å². The Hall–Kier alpha value is -2.48. The lowest BCUT2D eigenvalue weighted by molar-refractivity contribution is -0.118. The van der Waals surface area contributed by atoms with Crippen LogP contribution < -0.4 is 4.90 Å². The minimum atomic E-state index is -0.325. The van der Waals surface area contributed by atoms with E-state index in [1.165, 1.54) is 23.9 Å². The molecule has 3 rings (SSSR count). The smallest absolute Gasteiger partial charge is 0.253 e. The summed E-state index contributed by atoms with van der Waals surface area (Å²) in [5.74, 6) is 0.137. The van der Waals surface area contributed by atoms with Crippen molar-refractivity contribution in [3.63, 3.8) is 0 Å². The predicted octanol–water partition coefficient (Wildman–Crippen LogP) is 3.20. The molecule has 136 valence electrons. The Labute approximate surface area is 155 Å². The van der Waals surface area contributed by atoms with E-state index < -0.39 is 0 Å². The van der Waals surface area contributed by atoms with E-state index in [0.29, 0.717) is 23.2 Å².